The average molecular weight is 236 g/mol. The molecule has 3 rings (SSSR count). The van der Waals surface area contributed by atoms with Gasteiger partial charge >= 0.3 is 0 Å². The van der Waals surface area contributed by atoms with Crippen molar-refractivity contribution < 1.29 is 5.11 Å². The molecule has 4 N–H and O–H groups in total. The molecule has 94 valence electrons. The molecular weight excluding hydrogens is 216 g/mol. The molecular formula is C12H20N4O. The summed E-state index contributed by atoms with van der Waals surface area (Å²) in [5.74, 6) is 0.632. The van der Waals surface area contributed by atoms with E-state index in [0.717, 1.165) is 19.5 Å². The summed E-state index contributed by atoms with van der Waals surface area (Å²) in [6.07, 6.45) is 5.00. The van der Waals surface area contributed by atoms with E-state index in [1.54, 1.807) is 6.33 Å². The number of H-pyrrole nitrogens is 1. The molecule has 17 heavy (non-hydrogen) atoms. The van der Waals surface area contributed by atoms with Gasteiger partial charge in [0.2, 0.25) is 0 Å². The molecule has 1 aromatic rings. The number of nitrogens with one attached hydrogen (secondary N) is 3. The van der Waals surface area contributed by atoms with Gasteiger partial charge in [-0.15, -0.1) is 0 Å². The van der Waals surface area contributed by atoms with Gasteiger partial charge < -0.3 is 20.7 Å². The maximum Gasteiger partial charge on any atom is 0.0925 e. The predicted molar refractivity (Wildman–Crippen MR) is 64.6 cm³/mol. The number of aliphatic hydroxyl groups is 1. The van der Waals surface area contributed by atoms with Crippen LogP contribution in [-0.2, 0) is 6.42 Å². The van der Waals surface area contributed by atoms with Crippen LogP contribution in [0.3, 0.4) is 0 Å². The van der Waals surface area contributed by atoms with E-state index in [1.807, 2.05) is 0 Å². The summed E-state index contributed by atoms with van der Waals surface area (Å²) in [6.45, 7) is 2.37. The molecule has 2 aliphatic rings. The lowest BCUT2D eigenvalue weighted by Gasteiger charge is -2.36. The maximum absolute atomic E-state index is 9.36. The van der Waals surface area contributed by atoms with Crippen LogP contribution in [0.5, 0.6) is 0 Å². The first-order valence-electron chi connectivity index (χ1n) is 6.48. The summed E-state index contributed by atoms with van der Waals surface area (Å²) in [6, 6.07) is 0.479. The third-order valence-electron chi connectivity index (χ3n) is 3.99. The van der Waals surface area contributed by atoms with Crippen molar-refractivity contribution in [2.75, 3.05) is 19.7 Å². The molecule has 0 bridgehead atoms. The number of fused-ring (bicyclic) bond motifs is 1. The minimum Gasteiger partial charge on any atom is -0.395 e. The summed E-state index contributed by atoms with van der Waals surface area (Å²) in [5, 5.41) is 16.3. The van der Waals surface area contributed by atoms with Crippen molar-refractivity contribution in [3.63, 3.8) is 0 Å². The van der Waals surface area contributed by atoms with E-state index in [2.05, 4.69) is 20.6 Å². The van der Waals surface area contributed by atoms with Crippen LogP contribution in [0.4, 0.5) is 0 Å². The van der Waals surface area contributed by atoms with Gasteiger partial charge in [-0.1, -0.05) is 0 Å². The Labute approximate surface area is 101 Å². The molecule has 0 radical (unpaired) electrons. The van der Waals surface area contributed by atoms with Gasteiger partial charge in [0, 0.05) is 18.2 Å². The smallest absolute Gasteiger partial charge is 0.0925 e. The lowest BCUT2D eigenvalue weighted by Crippen LogP contribution is -2.46. The largest absolute Gasteiger partial charge is 0.395 e. The zero-order valence-corrected chi connectivity index (χ0v) is 9.95. The Hall–Kier alpha value is -0.910. The molecule has 0 amide bonds. The second-order valence-corrected chi connectivity index (χ2v) is 5.08. The number of nitrogens with zero attached hydrogens (tertiary/aromatic N) is 1. The Morgan fingerprint density at radius 2 is 2.18 bits per heavy atom. The molecule has 0 aliphatic carbocycles. The molecule has 2 aliphatic heterocycles. The number of aromatic amines is 1. The summed E-state index contributed by atoms with van der Waals surface area (Å²) in [7, 11) is 0. The van der Waals surface area contributed by atoms with Crippen LogP contribution in [0, 0.1) is 5.92 Å². The highest BCUT2D eigenvalue weighted by molar-refractivity contribution is 5.22. The van der Waals surface area contributed by atoms with Crippen molar-refractivity contribution in [3.8, 4) is 0 Å². The summed E-state index contributed by atoms with van der Waals surface area (Å²) >= 11 is 0. The van der Waals surface area contributed by atoms with Gasteiger partial charge in [-0.05, 0) is 31.8 Å². The Bertz CT molecular complexity index is 372. The fraction of sp³-hybridized carbons (Fsp3) is 0.750. The molecule has 0 spiro atoms. The first-order valence-corrected chi connectivity index (χ1v) is 6.48. The van der Waals surface area contributed by atoms with Gasteiger partial charge in [0.05, 0.1) is 24.7 Å². The van der Waals surface area contributed by atoms with Crippen LogP contribution in [0.2, 0.25) is 0 Å². The van der Waals surface area contributed by atoms with Gasteiger partial charge in [0.15, 0.2) is 0 Å². The fourth-order valence-electron chi connectivity index (χ4n) is 3.06. The van der Waals surface area contributed by atoms with Crippen LogP contribution in [0.15, 0.2) is 6.33 Å². The molecule has 1 fully saturated rings. The van der Waals surface area contributed by atoms with Crippen molar-refractivity contribution in [1.82, 2.24) is 20.6 Å². The second-order valence-electron chi connectivity index (χ2n) is 5.08. The highest BCUT2D eigenvalue weighted by atomic mass is 16.3. The van der Waals surface area contributed by atoms with E-state index in [0.29, 0.717) is 12.0 Å². The second kappa shape index (κ2) is 4.76. The molecule has 3 heterocycles. The van der Waals surface area contributed by atoms with Crippen LogP contribution in [0.25, 0.3) is 0 Å². The van der Waals surface area contributed by atoms with E-state index in [1.165, 1.54) is 24.2 Å². The van der Waals surface area contributed by atoms with E-state index in [-0.39, 0.29) is 12.6 Å². The first kappa shape index (κ1) is 11.2. The lowest BCUT2D eigenvalue weighted by atomic mass is 9.84. The van der Waals surface area contributed by atoms with Gasteiger partial charge in [-0.3, -0.25) is 0 Å². The highest BCUT2D eigenvalue weighted by Crippen LogP contribution is 2.32. The minimum absolute atomic E-state index is 0.169. The standard InChI is InChI=1S/C12H20N4O/c17-6-9-5-10-12(15-7-14-10)11(16-9)8-1-3-13-4-2-8/h7-9,11,13,16-17H,1-6H2,(H,14,15). The van der Waals surface area contributed by atoms with Crippen LogP contribution >= 0.6 is 0 Å². The van der Waals surface area contributed by atoms with Crippen molar-refractivity contribution in [3.05, 3.63) is 17.7 Å². The van der Waals surface area contributed by atoms with Gasteiger partial charge in [-0.2, -0.15) is 0 Å². The first-order chi connectivity index (χ1) is 8.38. The van der Waals surface area contributed by atoms with Crippen molar-refractivity contribution in [2.24, 2.45) is 5.92 Å². The fourth-order valence-corrected chi connectivity index (χ4v) is 3.06. The summed E-state index contributed by atoms with van der Waals surface area (Å²) < 4.78 is 0. The zero-order chi connectivity index (χ0) is 11.7. The lowest BCUT2D eigenvalue weighted by molar-refractivity contribution is 0.186. The van der Waals surface area contributed by atoms with Gasteiger partial charge in [-0.25, -0.2) is 4.98 Å². The van der Waals surface area contributed by atoms with E-state index in [9.17, 15) is 5.11 Å². The van der Waals surface area contributed by atoms with Crippen molar-refractivity contribution >= 4 is 0 Å². The average Bonchev–Trinajstić information content (AvgIpc) is 2.86. The van der Waals surface area contributed by atoms with Crippen LogP contribution < -0.4 is 10.6 Å². The Morgan fingerprint density at radius 1 is 1.35 bits per heavy atom. The molecule has 5 nitrogen and oxygen atoms in total. The molecule has 0 aromatic carbocycles. The third-order valence-corrected chi connectivity index (χ3v) is 3.99. The van der Waals surface area contributed by atoms with Gasteiger partial charge in [0.1, 0.15) is 0 Å². The van der Waals surface area contributed by atoms with E-state index < -0.39 is 0 Å². The third kappa shape index (κ3) is 2.10. The molecule has 2 atom stereocenters. The Morgan fingerprint density at radius 3 is 2.94 bits per heavy atom. The minimum atomic E-state index is 0.169. The zero-order valence-electron chi connectivity index (χ0n) is 9.95. The Kier molecular flexibility index (Phi) is 3.13. The Balaban J connectivity index is 1.83. The van der Waals surface area contributed by atoms with Crippen LogP contribution in [-0.4, -0.2) is 40.8 Å². The SMILES string of the molecule is OCC1Cc2[nH]cnc2C(C2CCNCC2)N1. The van der Waals surface area contributed by atoms with Crippen molar-refractivity contribution in [2.45, 2.75) is 31.3 Å². The predicted octanol–water partition coefficient (Wildman–Crippen LogP) is -0.0430. The molecule has 0 saturated carbocycles. The number of hydrogen-bond acceptors (Lipinski definition) is 4. The number of aliphatic hydroxyl groups excluding tert-OH is 1. The number of rotatable bonds is 2. The van der Waals surface area contributed by atoms with Crippen molar-refractivity contribution in [1.29, 1.82) is 0 Å². The quantitative estimate of drug-likeness (QED) is 0.581. The maximum atomic E-state index is 9.36. The van der Waals surface area contributed by atoms with E-state index >= 15 is 0 Å². The molecule has 1 saturated heterocycles. The topological polar surface area (TPSA) is 73.0 Å². The number of piperidine rings is 1. The van der Waals surface area contributed by atoms with Gasteiger partial charge in [0.25, 0.3) is 0 Å². The van der Waals surface area contributed by atoms with E-state index in [4.69, 9.17) is 0 Å². The van der Waals surface area contributed by atoms with Crippen LogP contribution in [0.1, 0.15) is 30.3 Å². The molecule has 5 heteroatoms. The summed E-state index contributed by atoms with van der Waals surface area (Å²) in [5.41, 5.74) is 2.37. The highest BCUT2D eigenvalue weighted by Gasteiger charge is 2.33. The number of imidazole rings is 1. The normalized spacial score (nSPS) is 30.2. The monoisotopic (exact) mass is 236 g/mol. The summed E-state index contributed by atoms with van der Waals surface area (Å²) in [4.78, 5) is 7.68. The number of hydrogen-bond donors (Lipinski definition) is 4. The number of aromatic nitrogens is 2. The molecule has 1 aromatic heterocycles. The molecule has 2 unspecified atom stereocenters.